The highest BCUT2D eigenvalue weighted by atomic mass is 19.4. The molecule has 1 amide bonds. The van der Waals surface area contributed by atoms with Gasteiger partial charge in [0.1, 0.15) is 12.1 Å². The zero-order valence-electron chi connectivity index (χ0n) is 12.5. The fourth-order valence-electron chi connectivity index (χ4n) is 1.97. The maximum atomic E-state index is 12.3. The van der Waals surface area contributed by atoms with Crippen LogP contribution in [0.3, 0.4) is 0 Å². The number of hydrogen-bond acceptors (Lipinski definition) is 4. The number of aromatic nitrogens is 3. The van der Waals surface area contributed by atoms with Crippen LogP contribution >= 0.6 is 0 Å². The molecule has 0 saturated heterocycles. The third kappa shape index (κ3) is 4.70. The van der Waals surface area contributed by atoms with Gasteiger partial charge in [0.2, 0.25) is 5.82 Å². The first-order valence-electron chi connectivity index (χ1n) is 6.77. The van der Waals surface area contributed by atoms with E-state index in [0.29, 0.717) is 5.56 Å². The first-order valence-corrected chi connectivity index (χ1v) is 6.77. The van der Waals surface area contributed by atoms with Gasteiger partial charge in [-0.15, -0.1) is 13.2 Å². The van der Waals surface area contributed by atoms with E-state index in [1.165, 1.54) is 29.4 Å². The summed E-state index contributed by atoms with van der Waals surface area (Å²) in [6.45, 7) is 3.71. The third-order valence-electron chi connectivity index (χ3n) is 2.99. The Morgan fingerprint density at radius 2 is 2.13 bits per heavy atom. The van der Waals surface area contributed by atoms with Crippen LogP contribution < -0.4 is 4.74 Å². The summed E-state index contributed by atoms with van der Waals surface area (Å²) in [6, 6.07) is 5.32. The van der Waals surface area contributed by atoms with Crippen molar-refractivity contribution >= 4 is 5.91 Å². The van der Waals surface area contributed by atoms with E-state index in [-0.39, 0.29) is 30.1 Å². The van der Waals surface area contributed by atoms with Crippen LogP contribution in [0.1, 0.15) is 30.0 Å². The second kappa shape index (κ2) is 6.67. The molecule has 0 aliphatic heterocycles. The number of ether oxygens (including phenoxy) is 1. The van der Waals surface area contributed by atoms with Crippen molar-refractivity contribution in [2.45, 2.75) is 32.8 Å². The van der Waals surface area contributed by atoms with Gasteiger partial charge in [-0.2, -0.15) is 5.10 Å². The summed E-state index contributed by atoms with van der Waals surface area (Å²) in [6.07, 6.45) is -3.55. The lowest BCUT2D eigenvalue weighted by molar-refractivity contribution is -0.274. The van der Waals surface area contributed by atoms with E-state index in [1.54, 1.807) is 19.9 Å². The minimum Gasteiger partial charge on any atom is -0.406 e. The molecule has 0 bridgehead atoms. The Hall–Kier alpha value is -2.58. The van der Waals surface area contributed by atoms with Crippen LogP contribution in [-0.2, 0) is 6.54 Å². The van der Waals surface area contributed by atoms with E-state index in [0.717, 1.165) is 0 Å². The number of benzene rings is 1. The highest BCUT2D eigenvalue weighted by Crippen LogP contribution is 2.24. The standard InChI is InChI=1S/C14H15F3N4O2/c1-9(2)21(13(22)12-18-8-19-20-12)7-10-4-3-5-11(6-10)23-14(15,16)17/h3-6,8-9H,7H2,1-2H3,(H,18,19,20). The van der Waals surface area contributed by atoms with Gasteiger partial charge in [0.25, 0.3) is 5.91 Å². The van der Waals surface area contributed by atoms with E-state index in [9.17, 15) is 18.0 Å². The number of alkyl halides is 3. The summed E-state index contributed by atoms with van der Waals surface area (Å²) in [4.78, 5) is 17.6. The molecule has 1 heterocycles. The molecule has 0 aliphatic rings. The van der Waals surface area contributed by atoms with Crippen LogP contribution in [0.25, 0.3) is 0 Å². The van der Waals surface area contributed by atoms with Gasteiger partial charge in [-0.1, -0.05) is 12.1 Å². The first-order chi connectivity index (χ1) is 10.8. The fraction of sp³-hybridized carbons (Fsp3) is 0.357. The molecule has 0 saturated carbocycles. The number of H-pyrrole nitrogens is 1. The van der Waals surface area contributed by atoms with Crippen LogP contribution in [-0.4, -0.2) is 38.4 Å². The van der Waals surface area contributed by atoms with Crippen LogP contribution in [0.2, 0.25) is 0 Å². The van der Waals surface area contributed by atoms with Crippen molar-refractivity contribution in [3.63, 3.8) is 0 Å². The summed E-state index contributed by atoms with van der Waals surface area (Å²) >= 11 is 0. The molecule has 1 N–H and O–H groups in total. The Bertz CT molecular complexity index is 656. The normalized spacial score (nSPS) is 11.6. The molecular weight excluding hydrogens is 313 g/mol. The Kier molecular flexibility index (Phi) is 4.87. The molecule has 0 spiro atoms. The van der Waals surface area contributed by atoms with Crippen molar-refractivity contribution < 1.29 is 22.7 Å². The number of aromatic amines is 1. The highest BCUT2D eigenvalue weighted by Gasteiger charge is 2.31. The van der Waals surface area contributed by atoms with Crippen molar-refractivity contribution in [2.24, 2.45) is 0 Å². The van der Waals surface area contributed by atoms with Crippen molar-refractivity contribution in [1.82, 2.24) is 20.1 Å². The third-order valence-corrected chi connectivity index (χ3v) is 2.99. The topological polar surface area (TPSA) is 71.1 Å². The smallest absolute Gasteiger partial charge is 0.406 e. The van der Waals surface area contributed by atoms with Crippen LogP contribution in [0, 0.1) is 0 Å². The van der Waals surface area contributed by atoms with Crippen molar-refractivity contribution in [3.05, 3.63) is 42.0 Å². The van der Waals surface area contributed by atoms with E-state index in [4.69, 9.17) is 0 Å². The summed E-state index contributed by atoms with van der Waals surface area (Å²) in [5.41, 5.74) is 0.508. The number of nitrogens with zero attached hydrogens (tertiary/aromatic N) is 3. The molecule has 1 aromatic heterocycles. The zero-order chi connectivity index (χ0) is 17.0. The minimum absolute atomic E-state index is 0.0707. The fourth-order valence-corrected chi connectivity index (χ4v) is 1.97. The highest BCUT2D eigenvalue weighted by molar-refractivity contribution is 5.90. The number of carbonyl (C=O) groups is 1. The Balaban J connectivity index is 2.17. The molecule has 2 rings (SSSR count). The number of nitrogens with one attached hydrogen (secondary N) is 1. The van der Waals surface area contributed by atoms with Crippen LogP contribution in [0.5, 0.6) is 5.75 Å². The van der Waals surface area contributed by atoms with Gasteiger partial charge in [-0.05, 0) is 31.5 Å². The summed E-state index contributed by atoms with van der Waals surface area (Å²) < 4.78 is 40.7. The average molecular weight is 328 g/mol. The van der Waals surface area contributed by atoms with Crippen LogP contribution in [0.4, 0.5) is 13.2 Å². The molecule has 2 aromatic rings. The first kappa shape index (κ1) is 16.8. The monoisotopic (exact) mass is 328 g/mol. The molecular formula is C14H15F3N4O2. The molecule has 0 atom stereocenters. The largest absolute Gasteiger partial charge is 0.573 e. The van der Waals surface area contributed by atoms with Gasteiger partial charge in [-0.25, -0.2) is 4.98 Å². The summed E-state index contributed by atoms with van der Waals surface area (Å²) in [7, 11) is 0. The average Bonchev–Trinajstić information content (AvgIpc) is 2.96. The second-order valence-electron chi connectivity index (χ2n) is 5.06. The van der Waals surface area contributed by atoms with Crippen molar-refractivity contribution in [2.75, 3.05) is 0 Å². The van der Waals surface area contributed by atoms with Gasteiger partial charge >= 0.3 is 6.36 Å². The zero-order valence-corrected chi connectivity index (χ0v) is 12.5. The van der Waals surface area contributed by atoms with E-state index in [2.05, 4.69) is 19.9 Å². The summed E-state index contributed by atoms with van der Waals surface area (Å²) in [5, 5.41) is 6.09. The van der Waals surface area contributed by atoms with E-state index >= 15 is 0 Å². The molecule has 0 radical (unpaired) electrons. The molecule has 0 unspecified atom stereocenters. The number of hydrogen-bond donors (Lipinski definition) is 1. The maximum Gasteiger partial charge on any atom is 0.573 e. The Labute approximate surface area is 130 Å². The lowest BCUT2D eigenvalue weighted by Gasteiger charge is -2.26. The molecule has 124 valence electrons. The second-order valence-corrected chi connectivity index (χ2v) is 5.06. The van der Waals surface area contributed by atoms with Gasteiger partial charge in [0, 0.05) is 12.6 Å². The van der Waals surface area contributed by atoms with Gasteiger partial charge in [-0.3, -0.25) is 9.89 Å². The predicted octanol–water partition coefficient (Wildman–Crippen LogP) is 2.75. The molecule has 23 heavy (non-hydrogen) atoms. The lowest BCUT2D eigenvalue weighted by Crippen LogP contribution is -2.37. The lowest BCUT2D eigenvalue weighted by atomic mass is 10.1. The van der Waals surface area contributed by atoms with Gasteiger partial charge < -0.3 is 9.64 Å². The molecule has 0 aliphatic carbocycles. The SMILES string of the molecule is CC(C)N(Cc1cccc(OC(F)(F)F)c1)C(=O)c1ncn[nH]1. The van der Waals surface area contributed by atoms with E-state index < -0.39 is 6.36 Å². The molecule has 1 aromatic carbocycles. The maximum absolute atomic E-state index is 12.3. The summed E-state index contributed by atoms with van der Waals surface area (Å²) in [5.74, 6) is -0.646. The van der Waals surface area contributed by atoms with Crippen molar-refractivity contribution in [1.29, 1.82) is 0 Å². The van der Waals surface area contributed by atoms with E-state index in [1.807, 2.05) is 0 Å². The number of carbonyl (C=O) groups excluding carboxylic acids is 1. The Morgan fingerprint density at radius 3 is 2.70 bits per heavy atom. The minimum atomic E-state index is -4.76. The number of rotatable bonds is 5. The van der Waals surface area contributed by atoms with Crippen LogP contribution in [0.15, 0.2) is 30.6 Å². The Morgan fingerprint density at radius 1 is 1.39 bits per heavy atom. The molecule has 9 heteroatoms. The van der Waals surface area contributed by atoms with Gasteiger partial charge in [0.05, 0.1) is 0 Å². The molecule has 0 fully saturated rings. The number of amides is 1. The molecule has 6 nitrogen and oxygen atoms in total. The van der Waals surface area contributed by atoms with Gasteiger partial charge in [0.15, 0.2) is 0 Å². The van der Waals surface area contributed by atoms with Crippen molar-refractivity contribution in [3.8, 4) is 5.75 Å². The number of halogens is 3. The quantitative estimate of drug-likeness (QED) is 0.916. The predicted molar refractivity (Wildman–Crippen MR) is 74.5 cm³/mol.